The number of carbonyl (C=O) groups excluding carboxylic acids is 2. The van der Waals surface area contributed by atoms with Gasteiger partial charge in [-0.1, -0.05) is 0 Å². The fraction of sp³-hybridized carbons (Fsp3) is 0.556. The van der Waals surface area contributed by atoms with Gasteiger partial charge in [0.05, 0.1) is 11.6 Å². The topological polar surface area (TPSA) is 52.7 Å². The number of amides is 2. The molecule has 0 radical (unpaired) electrons. The third-order valence-corrected chi connectivity index (χ3v) is 5.58. The quantitative estimate of drug-likeness (QED) is 0.884. The van der Waals surface area contributed by atoms with Crippen LogP contribution in [0.25, 0.3) is 0 Å². The van der Waals surface area contributed by atoms with Crippen LogP contribution in [-0.2, 0) is 9.59 Å². The van der Waals surface area contributed by atoms with Crippen molar-refractivity contribution in [1.29, 1.82) is 0 Å². The SMILES string of the molecule is O=C1CC(C(=O)N2C3CCNCC2CC3)CN1c1ccc(F)cc1F. The van der Waals surface area contributed by atoms with Crippen molar-refractivity contribution in [2.24, 2.45) is 5.92 Å². The van der Waals surface area contributed by atoms with Crippen LogP contribution < -0.4 is 10.2 Å². The summed E-state index contributed by atoms with van der Waals surface area (Å²) in [5.41, 5.74) is 0.0437. The Morgan fingerprint density at radius 3 is 2.76 bits per heavy atom. The van der Waals surface area contributed by atoms with Crippen LogP contribution in [0.4, 0.5) is 14.5 Å². The highest BCUT2D eigenvalue weighted by Gasteiger charge is 2.44. The van der Waals surface area contributed by atoms with Crippen LogP contribution in [-0.4, -0.2) is 48.4 Å². The van der Waals surface area contributed by atoms with E-state index in [2.05, 4.69) is 5.32 Å². The largest absolute Gasteiger partial charge is 0.335 e. The number of hydrogen-bond donors (Lipinski definition) is 1. The van der Waals surface area contributed by atoms with E-state index in [9.17, 15) is 18.4 Å². The molecule has 3 aliphatic rings. The molecule has 3 atom stereocenters. The maximum Gasteiger partial charge on any atom is 0.228 e. The van der Waals surface area contributed by atoms with E-state index in [0.717, 1.165) is 44.5 Å². The number of anilines is 1. The predicted molar refractivity (Wildman–Crippen MR) is 88.0 cm³/mol. The van der Waals surface area contributed by atoms with Crippen LogP contribution in [0.5, 0.6) is 0 Å². The normalized spacial score (nSPS) is 29.2. The maximum atomic E-state index is 14.0. The first-order chi connectivity index (χ1) is 12.0. The van der Waals surface area contributed by atoms with Gasteiger partial charge in [0.15, 0.2) is 0 Å². The lowest BCUT2D eigenvalue weighted by Gasteiger charge is -2.30. The van der Waals surface area contributed by atoms with Gasteiger partial charge < -0.3 is 15.1 Å². The Morgan fingerprint density at radius 1 is 1.16 bits per heavy atom. The Balaban J connectivity index is 1.53. The molecule has 3 heterocycles. The molecule has 1 aromatic rings. The Hall–Kier alpha value is -2.02. The molecule has 2 amide bonds. The molecule has 3 saturated heterocycles. The van der Waals surface area contributed by atoms with Crippen LogP contribution in [0.3, 0.4) is 0 Å². The van der Waals surface area contributed by atoms with Crippen molar-refractivity contribution in [2.75, 3.05) is 24.5 Å². The molecule has 0 spiro atoms. The van der Waals surface area contributed by atoms with Crippen molar-refractivity contribution in [3.8, 4) is 0 Å². The van der Waals surface area contributed by atoms with Crippen molar-refractivity contribution in [3.63, 3.8) is 0 Å². The Labute approximate surface area is 145 Å². The van der Waals surface area contributed by atoms with Crippen LogP contribution in [0.2, 0.25) is 0 Å². The highest BCUT2D eigenvalue weighted by atomic mass is 19.1. The van der Waals surface area contributed by atoms with E-state index in [-0.39, 0.29) is 42.6 Å². The van der Waals surface area contributed by atoms with Crippen molar-refractivity contribution < 1.29 is 18.4 Å². The van der Waals surface area contributed by atoms with Gasteiger partial charge in [-0.05, 0) is 37.9 Å². The van der Waals surface area contributed by atoms with Gasteiger partial charge in [0.1, 0.15) is 11.6 Å². The summed E-state index contributed by atoms with van der Waals surface area (Å²) < 4.78 is 27.1. The number of nitrogens with zero attached hydrogens (tertiary/aromatic N) is 2. The number of halogens is 2. The highest BCUT2D eigenvalue weighted by Crippen LogP contribution is 2.33. The van der Waals surface area contributed by atoms with Crippen molar-refractivity contribution in [1.82, 2.24) is 10.2 Å². The fourth-order valence-electron chi connectivity index (χ4n) is 4.36. The first-order valence-electron chi connectivity index (χ1n) is 8.83. The van der Waals surface area contributed by atoms with E-state index in [4.69, 9.17) is 0 Å². The minimum absolute atomic E-state index is 0.00503. The molecule has 7 heteroatoms. The monoisotopic (exact) mass is 349 g/mol. The number of benzene rings is 1. The van der Waals surface area contributed by atoms with Gasteiger partial charge in [-0.15, -0.1) is 0 Å². The lowest BCUT2D eigenvalue weighted by molar-refractivity contribution is -0.138. The van der Waals surface area contributed by atoms with E-state index >= 15 is 0 Å². The summed E-state index contributed by atoms with van der Waals surface area (Å²) in [7, 11) is 0. The van der Waals surface area contributed by atoms with Crippen LogP contribution >= 0.6 is 0 Å². The second-order valence-corrected chi connectivity index (χ2v) is 7.12. The summed E-state index contributed by atoms with van der Waals surface area (Å²) in [4.78, 5) is 28.6. The zero-order chi connectivity index (χ0) is 17.6. The Kier molecular flexibility index (Phi) is 4.19. The van der Waals surface area contributed by atoms with Gasteiger partial charge in [-0.25, -0.2) is 8.78 Å². The molecule has 2 bridgehead atoms. The molecule has 4 rings (SSSR count). The average molecular weight is 349 g/mol. The van der Waals surface area contributed by atoms with Gasteiger partial charge in [0, 0.05) is 37.7 Å². The molecule has 1 N–H and O–H groups in total. The van der Waals surface area contributed by atoms with Gasteiger partial charge in [0.2, 0.25) is 11.8 Å². The Morgan fingerprint density at radius 2 is 1.96 bits per heavy atom. The molecule has 3 unspecified atom stereocenters. The van der Waals surface area contributed by atoms with Gasteiger partial charge in [0.25, 0.3) is 0 Å². The standard InChI is InChI=1S/C18H21F2N3O2/c19-12-1-4-16(15(20)8-12)22-10-11(7-17(22)24)18(25)23-13-2-3-14(23)9-21-6-5-13/h1,4,8,11,13-14,21H,2-3,5-7,9-10H2. The number of hydrogen-bond acceptors (Lipinski definition) is 3. The van der Waals surface area contributed by atoms with E-state index in [1.807, 2.05) is 4.90 Å². The Bertz CT molecular complexity index is 698. The molecular formula is C18H21F2N3O2. The molecule has 3 aliphatic heterocycles. The van der Waals surface area contributed by atoms with Crippen LogP contribution in [0, 0.1) is 17.6 Å². The second-order valence-electron chi connectivity index (χ2n) is 7.12. The number of nitrogens with one attached hydrogen (secondary N) is 1. The first kappa shape index (κ1) is 16.4. The summed E-state index contributed by atoms with van der Waals surface area (Å²) in [6.07, 6.45) is 3.01. The van der Waals surface area contributed by atoms with Crippen molar-refractivity contribution in [2.45, 2.75) is 37.8 Å². The van der Waals surface area contributed by atoms with E-state index in [1.165, 1.54) is 11.0 Å². The minimum atomic E-state index is -0.777. The first-order valence-corrected chi connectivity index (χ1v) is 8.83. The van der Waals surface area contributed by atoms with Crippen molar-refractivity contribution in [3.05, 3.63) is 29.8 Å². The highest BCUT2D eigenvalue weighted by molar-refractivity contribution is 6.00. The average Bonchev–Trinajstić information content (AvgIpc) is 3.06. The molecule has 3 fully saturated rings. The smallest absolute Gasteiger partial charge is 0.228 e. The molecule has 1 aromatic carbocycles. The molecule has 0 saturated carbocycles. The summed E-state index contributed by atoms with van der Waals surface area (Å²) in [5, 5.41) is 3.35. The van der Waals surface area contributed by atoms with Crippen molar-refractivity contribution >= 4 is 17.5 Å². The van der Waals surface area contributed by atoms with E-state index in [1.54, 1.807) is 0 Å². The third kappa shape index (κ3) is 2.90. The number of carbonyl (C=O) groups is 2. The fourth-order valence-corrected chi connectivity index (χ4v) is 4.36. The molecule has 134 valence electrons. The van der Waals surface area contributed by atoms with E-state index < -0.39 is 17.6 Å². The number of fused-ring (bicyclic) bond motifs is 2. The molecular weight excluding hydrogens is 328 g/mol. The maximum absolute atomic E-state index is 14.0. The molecule has 25 heavy (non-hydrogen) atoms. The molecule has 0 aromatic heterocycles. The second kappa shape index (κ2) is 6.37. The lowest BCUT2D eigenvalue weighted by Crippen LogP contribution is -2.46. The molecule has 0 aliphatic carbocycles. The minimum Gasteiger partial charge on any atom is -0.335 e. The third-order valence-electron chi connectivity index (χ3n) is 5.58. The summed E-state index contributed by atoms with van der Waals surface area (Å²) in [6.45, 7) is 1.85. The van der Waals surface area contributed by atoms with Crippen LogP contribution in [0.1, 0.15) is 25.7 Å². The van der Waals surface area contributed by atoms with E-state index in [0.29, 0.717) is 0 Å². The number of rotatable bonds is 2. The van der Waals surface area contributed by atoms with Crippen LogP contribution in [0.15, 0.2) is 18.2 Å². The lowest BCUT2D eigenvalue weighted by atomic mass is 10.1. The molecule has 5 nitrogen and oxygen atoms in total. The van der Waals surface area contributed by atoms with Gasteiger partial charge in [-0.2, -0.15) is 0 Å². The zero-order valence-corrected chi connectivity index (χ0v) is 13.9. The summed E-state index contributed by atoms with van der Waals surface area (Å²) >= 11 is 0. The summed E-state index contributed by atoms with van der Waals surface area (Å²) in [5.74, 6) is -2.22. The summed E-state index contributed by atoms with van der Waals surface area (Å²) in [6, 6.07) is 3.57. The zero-order valence-electron chi connectivity index (χ0n) is 13.9. The van der Waals surface area contributed by atoms with Gasteiger partial charge >= 0.3 is 0 Å². The van der Waals surface area contributed by atoms with Gasteiger partial charge in [-0.3, -0.25) is 9.59 Å². The predicted octanol–water partition coefficient (Wildman–Crippen LogP) is 1.67.